The minimum Gasteiger partial charge on any atom is -0.453 e. The largest absolute Gasteiger partial charge is 0.453 e. The molecule has 1 fully saturated rings. The van der Waals surface area contributed by atoms with Gasteiger partial charge >= 0.3 is 6.09 Å². The molecule has 0 spiro atoms. The lowest BCUT2D eigenvalue weighted by molar-refractivity contribution is 0.0860. The summed E-state index contributed by atoms with van der Waals surface area (Å²) in [6.45, 7) is 9.52. The number of benzene rings is 1. The second-order valence-corrected chi connectivity index (χ2v) is 10.0. The van der Waals surface area contributed by atoms with Gasteiger partial charge in [0.25, 0.3) is 0 Å². The van der Waals surface area contributed by atoms with Crippen molar-refractivity contribution < 1.29 is 14.3 Å². The van der Waals surface area contributed by atoms with Crippen LogP contribution in [0.2, 0.25) is 0 Å². The van der Waals surface area contributed by atoms with Crippen molar-refractivity contribution in [2.24, 2.45) is 10.8 Å². The van der Waals surface area contributed by atoms with Gasteiger partial charge in [-0.15, -0.1) is 0 Å². The first-order valence-corrected chi connectivity index (χ1v) is 11.2. The number of amides is 1. The van der Waals surface area contributed by atoms with Crippen molar-refractivity contribution in [1.82, 2.24) is 25.6 Å². The first-order valence-electron chi connectivity index (χ1n) is 11.2. The van der Waals surface area contributed by atoms with Gasteiger partial charge in [-0.3, -0.25) is 4.79 Å². The molecule has 4 rings (SSSR count). The van der Waals surface area contributed by atoms with Gasteiger partial charge in [-0.25, -0.2) is 14.8 Å². The number of hydrogen-bond acceptors (Lipinski definition) is 6. The van der Waals surface area contributed by atoms with Gasteiger partial charge in [0, 0.05) is 29.1 Å². The van der Waals surface area contributed by atoms with Gasteiger partial charge in [0.05, 0.1) is 30.6 Å². The predicted octanol–water partition coefficient (Wildman–Crippen LogP) is 4.25. The highest BCUT2D eigenvalue weighted by atomic mass is 16.5. The number of nitrogens with zero attached hydrogens (tertiary/aromatic N) is 2. The van der Waals surface area contributed by atoms with E-state index in [1.165, 1.54) is 7.11 Å². The third kappa shape index (κ3) is 4.48. The summed E-state index contributed by atoms with van der Waals surface area (Å²) in [7, 11) is 1.37. The Morgan fingerprint density at radius 2 is 2.06 bits per heavy atom. The van der Waals surface area contributed by atoms with Gasteiger partial charge in [-0.05, 0) is 24.6 Å². The van der Waals surface area contributed by atoms with Gasteiger partial charge in [0.2, 0.25) is 0 Å². The number of fused-ring (bicyclic) bond motifs is 1. The Bertz CT molecular complexity index is 1190. The number of aromatic nitrogens is 3. The zero-order valence-electron chi connectivity index (χ0n) is 19.8. The molecule has 0 saturated carbocycles. The van der Waals surface area contributed by atoms with E-state index in [0.717, 1.165) is 30.6 Å². The molecule has 1 aliphatic heterocycles. The van der Waals surface area contributed by atoms with Crippen molar-refractivity contribution in [3.05, 3.63) is 47.8 Å². The first kappa shape index (κ1) is 22.9. The minimum atomic E-state index is -0.524. The maximum absolute atomic E-state index is 12.9. The highest BCUT2D eigenvalue weighted by Crippen LogP contribution is 2.40. The predicted molar refractivity (Wildman–Crippen MR) is 127 cm³/mol. The lowest BCUT2D eigenvalue weighted by atomic mass is 9.77. The molecule has 3 heterocycles. The van der Waals surface area contributed by atoms with Gasteiger partial charge in [0.1, 0.15) is 5.52 Å². The Morgan fingerprint density at radius 1 is 1.27 bits per heavy atom. The number of ketones is 1. The third-order valence-electron chi connectivity index (χ3n) is 6.37. The zero-order chi connectivity index (χ0) is 23.8. The summed E-state index contributed by atoms with van der Waals surface area (Å²) in [4.78, 5) is 37.4. The molecule has 1 saturated heterocycles. The van der Waals surface area contributed by atoms with Crippen molar-refractivity contribution in [2.45, 2.75) is 40.2 Å². The summed E-state index contributed by atoms with van der Waals surface area (Å²) >= 11 is 0. The molecular formula is C25H31N5O3. The fourth-order valence-electron chi connectivity index (χ4n) is 4.40. The van der Waals surface area contributed by atoms with E-state index in [1.54, 1.807) is 12.4 Å². The summed E-state index contributed by atoms with van der Waals surface area (Å²) in [5.74, 6) is 0.0120. The number of hydrogen-bond donors (Lipinski definition) is 3. The van der Waals surface area contributed by atoms with E-state index in [4.69, 9.17) is 9.72 Å². The molecule has 0 aliphatic carbocycles. The van der Waals surface area contributed by atoms with E-state index >= 15 is 0 Å². The number of alkyl carbamates (subject to hydrolysis) is 1. The molecule has 2 unspecified atom stereocenters. The molecule has 174 valence electrons. The summed E-state index contributed by atoms with van der Waals surface area (Å²) in [5, 5.41) is 6.42. The average Bonchev–Trinajstić information content (AvgIpc) is 3.42. The Labute approximate surface area is 193 Å². The van der Waals surface area contributed by atoms with Crippen molar-refractivity contribution >= 4 is 23.0 Å². The molecule has 3 N–H and O–H groups in total. The molecular weight excluding hydrogens is 418 g/mol. The number of carbonyl (C=O) groups is 2. The van der Waals surface area contributed by atoms with E-state index < -0.39 is 11.5 Å². The number of Topliss-reactive ketones (excluding diaryl/α,β-unsaturated/α-hetero) is 1. The fraction of sp³-hybridized carbons (Fsp3) is 0.440. The molecule has 8 heteroatoms. The Morgan fingerprint density at radius 3 is 2.73 bits per heavy atom. The average molecular weight is 450 g/mol. The Balaban J connectivity index is 1.75. The van der Waals surface area contributed by atoms with Crippen LogP contribution in [0.25, 0.3) is 22.4 Å². The van der Waals surface area contributed by atoms with Gasteiger partial charge in [-0.1, -0.05) is 45.9 Å². The monoisotopic (exact) mass is 449 g/mol. The number of nitrogens with one attached hydrogen (secondary N) is 3. The van der Waals surface area contributed by atoms with E-state index in [2.05, 4.69) is 27.5 Å². The van der Waals surface area contributed by atoms with Crippen LogP contribution in [0.3, 0.4) is 0 Å². The van der Waals surface area contributed by atoms with Crippen LogP contribution in [0, 0.1) is 10.8 Å². The van der Waals surface area contributed by atoms with Crippen LogP contribution in [-0.2, 0) is 4.74 Å². The molecule has 1 aromatic carbocycles. The normalized spacial score (nSPS) is 19.4. The van der Waals surface area contributed by atoms with E-state index in [0.29, 0.717) is 22.4 Å². The summed E-state index contributed by atoms with van der Waals surface area (Å²) in [6.07, 6.45) is 3.85. The molecule has 2 aromatic heterocycles. The van der Waals surface area contributed by atoms with Crippen LogP contribution in [0.1, 0.15) is 56.1 Å². The molecule has 3 aromatic rings. The third-order valence-corrected chi connectivity index (χ3v) is 6.37. The van der Waals surface area contributed by atoms with Crippen LogP contribution >= 0.6 is 0 Å². The number of rotatable bonds is 5. The van der Waals surface area contributed by atoms with Gasteiger partial charge in [-0.2, -0.15) is 0 Å². The quantitative estimate of drug-likeness (QED) is 0.503. The summed E-state index contributed by atoms with van der Waals surface area (Å²) in [6, 6.07) is 7.71. The van der Waals surface area contributed by atoms with Crippen molar-refractivity contribution in [1.29, 1.82) is 0 Å². The number of aromatic amines is 1. The maximum atomic E-state index is 12.9. The lowest BCUT2D eigenvalue weighted by Crippen LogP contribution is -2.40. The fourth-order valence-corrected chi connectivity index (χ4v) is 4.40. The second kappa shape index (κ2) is 8.59. The minimum absolute atomic E-state index is 0.0120. The van der Waals surface area contributed by atoms with Crippen molar-refractivity contribution in [3.8, 4) is 11.3 Å². The number of H-pyrrole nitrogens is 1. The highest BCUT2D eigenvalue weighted by Gasteiger charge is 2.39. The second-order valence-electron chi connectivity index (χ2n) is 10.0. The zero-order valence-corrected chi connectivity index (χ0v) is 19.8. The highest BCUT2D eigenvalue weighted by molar-refractivity contribution is 6.08. The van der Waals surface area contributed by atoms with Gasteiger partial charge < -0.3 is 20.4 Å². The molecule has 0 bridgehead atoms. The topological polar surface area (TPSA) is 109 Å². The lowest BCUT2D eigenvalue weighted by Gasteiger charge is -2.34. The van der Waals surface area contributed by atoms with Crippen LogP contribution in [0.5, 0.6) is 0 Å². The van der Waals surface area contributed by atoms with Crippen LogP contribution in [0.15, 0.2) is 36.7 Å². The molecule has 0 radical (unpaired) electrons. The first-order chi connectivity index (χ1) is 15.6. The number of carbonyl (C=O) groups excluding carboxylic acids is 2. The summed E-state index contributed by atoms with van der Waals surface area (Å²) in [5.41, 5.74) is 3.50. The molecule has 2 atom stereocenters. The van der Waals surface area contributed by atoms with Crippen LogP contribution in [0.4, 0.5) is 4.79 Å². The SMILES string of the molecule is COC(=O)NC(c1cccc(-c2cnc3[nH]cc(C(=O)C(C)(C)C)c3n2)c1)C1(C)CCNC1. The van der Waals surface area contributed by atoms with E-state index in [9.17, 15) is 9.59 Å². The standard InChI is InChI=1S/C25H31N5O3/c1-24(2,3)21(31)17-12-27-22-19(17)29-18(13-28-22)15-7-6-8-16(11-15)20(30-23(32)33-5)25(4)9-10-26-14-25/h6-8,11-13,20,26H,9-10,14H2,1-5H3,(H,27,28)(H,30,32). The maximum Gasteiger partial charge on any atom is 0.407 e. The van der Waals surface area contributed by atoms with Crippen molar-refractivity contribution in [2.75, 3.05) is 20.2 Å². The smallest absolute Gasteiger partial charge is 0.407 e. The molecule has 1 amide bonds. The number of methoxy groups -OCH3 is 1. The van der Waals surface area contributed by atoms with Crippen LogP contribution in [-0.4, -0.2) is 47.0 Å². The Hall–Kier alpha value is -3.26. The summed E-state index contributed by atoms with van der Waals surface area (Å²) < 4.78 is 4.90. The number of ether oxygens (including phenoxy) is 1. The molecule has 33 heavy (non-hydrogen) atoms. The Kier molecular flexibility index (Phi) is 5.97. The van der Waals surface area contributed by atoms with Gasteiger partial charge in [0.15, 0.2) is 11.4 Å². The van der Waals surface area contributed by atoms with Crippen molar-refractivity contribution in [3.63, 3.8) is 0 Å². The molecule has 1 aliphatic rings. The molecule has 8 nitrogen and oxygen atoms in total. The van der Waals surface area contributed by atoms with Crippen LogP contribution < -0.4 is 10.6 Å². The van der Waals surface area contributed by atoms with E-state index in [1.807, 2.05) is 45.0 Å². The van der Waals surface area contributed by atoms with E-state index in [-0.39, 0.29) is 17.2 Å².